The van der Waals surface area contributed by atoms with Crippen molar-refractivity contribution in [1.29, 1.82) is 0 Å². The van der Waals surface area contributed by atoms with Crippen molar-refractivity contribution in [2.75, 3.05) is 11.9 Å². The molecule has 0 atom stereocenters. The number of nitrogens with zero attached hydrogens (tertiary/aromatic N) is 1. The molecule has 2 amide bonds. The highest BCUT2D eigenvalue weighted by Crippen LogP contribution is 2.15. The van der Waals surface area contributed by atoms with E-state index in [0.29, 0.717) is 6.54 Å². The fourth-order valence-corrected chi connectivity index (χ4v) is 1.70. The molecule has 1 rings (SSSR count). The van der Waals surface area contributed by atoms with Crippen molar-refractivity contribution in [3.63, 3.8) is 0 Å². The van der Waals surface area contributed by atoms with Gasteiger partial charge in [0.1, 0.15) is 5.82 Å². The summed E-state index contributed by atoms with van der Waals surface area (Å²) in [6, 6.07) is 3.15. The van der Waals surface area contributed by atoms with E-state index in [0.717, 1.165) is 12.1 Å². The third-order valence-corrected chi connectivity index (χ3v) is 2.68. The number of aromatic carboxylic acids is 1. The number of anilines is 1. The van der Waals surface area contributed by atoms with Crippen molar-refractivity contribution in [2.45, 2.75) is 26.8 Å². The number of urea groups is 1. The van der Waals surface area contributed by atoms with Crippen LogP contribution in [0.5, 0.6) is 0 Å². The first-order valence-electron chi connectivity index (χ1n) is 5.97. The van der Waals surface area contributed by atoms with Gasteiger partial charge in [-0.2, -0.15) is 0 Å². The molecule has 0 unspecified atom stereocenters. The monoisotopic (exact) mass is 268 g/mol. The van der Waals surface area contributed by atoms with Gasteiger partial charge in [0, 0.05) is 18.3 Å². The van der Waals surface area contributed by atoms with E-state index < -0.39 is 17.3 Å². The maximum Gasteiger partial charge on any atom is 0.338 e. The lowest BCUT2D eigenvalue weighted by Gasteiger charge is -2.25. The zero-order chi connectivity index (χ0) is 14.6. The zero-order valence-corrected chi connectivity index (χ0v) is 11.1. The molecule has 0 aromatic heterocycles. The van der Waals surface area contributed by atoms with E-state index >= 15 is 0 Å². The number of carboxylic acid groups (broad SMARTS) is 1. The number of halogens is 1. The molecule has 19 heavy (non-hydrogen) atoms. The number of hydrogen-bond donors (Lipinski definition) is 2. The molecule has 0 saturated carbocycles. The third-order valence-electron chi connectivity index (χ3n) is 2.68. The minimum atomic E-state index is -1.34. The second-order valence-electron chi connectivity index (χ2n) is 4.31. The maximum absolute atomic E-state index is 13.4. The summed E-state index contributed by atoms with van der Waals surface area (Å²) >= 11 is 0. The second kappa shape index (κ2) is 6.17. The largest absolute Gasteiger partial charge is 0.478 e. The van der Waals surface area contributed by atoms with Gasteiger partial charge in [0.15, 0.2) is 0 Å². The first kappa shape index (κ1) is 14.9. The minimum Gasteiger partial charge on any atom is -0.478 e. The Morgan fingerprint density at radius 1 is 1.42 bits per heavy atom. The second-order valence-corrected chi connectivity index (χ2v) is 4.31. The summed E-state index contributed by atoms with van der Waals surface area (Å²) in [7, 11) is 0. The molecule has 1 aromatic carbocycles. The molecule has 0 spiro atoms. The normalized spacial score (nSPS) is 10.4. The van der Waals surface area contributed by atoms with Gasteiger partial charge in [0.05, 0.1) is 5.56 Å². The van der Waals surface area contributed by atoms with E-state index in [-0.39, 0.29) is 17.8 Å². The van der Waals surface area contributed by atoms with Gasteiger partial charge >= 0.3 is 12.0 Å². The molecule has 104 valence electrons. The average molecular weight is 268 g/mol. The van der Waals surface area contributed by atoms with Gasteiger partial charge in [-0.15, -0.1) is 0 Å². The predicted molar refractivity (Wildman–Crippen MR) is 69.9 cm³/mol. The third kappa shape index (κ3) is 3.67. The van der Waals surface area contributed by atoms with Crippen molar-refractivity contribution in [1.82, 2.24) is 4.90 Å². The van der Waals surface area contributed by atoms with Crippen LogP contribution in [0.1, 0.15) is 31.1 Å². The van der Waals surface area contributed by atoms with Crippen LogP contribution < -0.4 is 5.32 Å². The number of benzene rings is 1. The van der Waals surface area contributed by atoms with E-state index in [2.05, 4.69) is 5.32 Å². The zero-order valence-electron chi connectivity index (χ0n) is 11.1. The van der Waals surface area contributed by atoms with Crippen molar-refractivity contribution in [3.8, 4) is 0 Å². The van der Waals surface area contributed by atoms with Gasteiger partial charge < -0.3 is 15.3 Å². The van der Waals surface area contributed by atoms with Crippen molar-refractivity contribution < 1.29 is 19.1 Å². The summed E-state index contributed by atoms with van der Waals surface area (Å²) in [5, 5.41) is 11.2. The molecular weight excluding hydrogens is 251 g/mol. The van der Waals surface area contributed by atoms with E-state index in [1.165, 1.54) is 6.07 Å². The van der Waals surface area contributed by atoms with Crippen LogP contribution in [0.4, 0.5) is 14.9 Å². The van der Waals surface area contributed by atoms with Gasteiger partial charge in [-0.05, 0) is 39.0 Å². The maximum atomic E-state index is 13.4. The molecule has 6 heteroatoms. The highest BCUT2D eigenvalue weighted by molar-refractivity contribution is 5.91. The lowest BCUT2D eigenvalue weighted by atomic mass is 10.2. The molecule has 0 saturated heterocycles. The smallest absolute Gasteiger partial charge is 0.338 e. The van der Waals surface area contributed by atoms with Crippen LogP contribution in [0.3, 0.4) is 0 Å². The van der Waals surface area contributed by atoms with Crippen LogP contribution >= 0.6 is 0 Å². The van der Waals surface area contributed by atoms with Gasteiger partial charge in [0.25, 0.3) is 0 Å². The Bertz CT molecular complexity index is 489. The summed E-state index contributed by atoms with van der Waals surface area (Å²) in [6.45, 7) is 6.11. The fraction of sp³-hybridized carbons (Fsp3) is 0.385. The van der Waals surface area contributed by atoms with E-state index in [9.17, 15) is 14.0 Å². The van der Waals surface area contributed by atoms with E-state index in [1.807, 2.05) is 20.8 Å². The molecule has 0 bridgehead atoms. The number of hydrogen-bond acceptors (Lipinski definition) is 2. The Morgan fingerprint density at radius 2 is 2.05 bits per heavy atom. The van der Waals surface area contributed by atoms with Crippen LogP contribution in [0.2, 0.25) is 0 Å². The molecule has 0 aliphatic heterocycles. The fourth-order valence-electron chi connectivity index (χ4n) is 1.70. The van der Waals surface area contributed by atoms with Crippen molar-refractivity contribution in [2.24, 2.45) is 0 Å². The summed E-state index contributed by atoms with van der Waals surface area (Å²) in [5.41, 5.74) is -0.194. The lowest BCUT2D eigenvalue weighted by Crippen LogP contribution is -2.39. The quantitative estimate of drug-likeness (QED) is 0.882. The number of nitrogens with one attached hydrogen (secondary N) is 1. The van der Waals surface area contributed by atoms with Gasteiger partial charge in [-0.1, -0.05) is 0 Å². The Balaban J connectivity index is 2.86. The van der Waals surface area contributed by atoms with Crippen LogP contribution in [0, 0.1) is 5.82 Å². The minimum absolute atomic E-state index is 0.0214. The molecule has 0 aliphatic carbocycles. The summed E-state index contributed by atoms with van der Waals surface area (Å²) in [6.07, 6.45) is 0. The topological polar surface area (TPSA) is 69.6 Å². The van der Waals surface area contributed by atoms with Crippen LogP contribution in [-0.2, 0) is 0 Å². The summed E-state index contributed by atoms with van der Waals surface area (Å²) in [5.74, 6) is -2.22. The Hall–Kier alpha value is -2.11. The van der Waals surface area contributed by atoms with Gasteiger partial charge in [-0.25, -0.2) is 14.0 Å². The molecule has 0 fully saturated rings. The number of amides is 2. The van der Waals surface area contributed by atoms with Crippen molar-refractivity contribution >= 4 is 17.7 Å². The average Bonchev–Trinajstić information content (AvgIpc) is 2.28. The van der Waals surface area contributed by atoms with Crippen molar-refractivity contribution in [3.05, 3.63) is 29.6 Å². The van der Waals surface area contributed by atoms with Gasteiger partial charge in [-0.3, -0.25) is 0 Å². The van der Waals surface area contributed by atoms with Crippen LogP contribution in [0.15, 0.2) is 18.2 Å². The number of rotatable bonds is 4. The molecular formula is C13H17FN2O3. The lowest BCUT2D eigenvalue weighted by molar-refractivity contribution is 0.0692. The number of carboxylic acids is 1. The molecule has 2 N–H and O–H groups in total. The SMILES string of the molecule is CCN(C(=O)Nc1ccc(C(=O)O)c(F)c1)C(C)C. The van der Waals surface area contributed by atoms with Crippen LogP contribution in [-0.4, -0.2) is 34.6 Å². The summed E-state index contributed by atoms with van der Waals surface area (Å²) in [4.78, 5) is 24.1. The first-order chi connectivity index (χ1) is 8.86. The van der Waals surface area contributed by atoms with Gasteiger partial charge in [0.2, 0.25) is 0 Å². The Labute approximate surface area is 111 Å². The Kier molecular flexibility index (Phi) is 4.86. The Morgan fingerprint density at radius 3 is 2.47 bits per heavy atom. The molecule has 0 aliphatic rings. The van der Waals surface area contributed by atoms with E-state index in [4.69, 9.17) is 5.11 Å². The molecule has 0 radical (unpaired) electrons. The highest BCUT2D eigenvalue weighted by atomic mass is 19.1. The number of carbonyl (C=O) groups excluding carboxylic acids is 1. The number of carbonyl (C=O) groups is 2. The summed E-state index contributed by atoms with van der Waals surface area (Å²) < 4.78 is 13.4. The molecule has 1 aromatic rings. The highest BCUT2D eigenvalue weighted by Gasteiger charge is 2.16. The van der Waals surface area contributed by atoms with Crippen LogP contribution in [0.25, 0.3) is 0 Å². The first-order valence-corrected chi connectivity index (χ1v) is 5.97. The predicted octanol–water partition coefficient (Wildman–Crippen LogP) is 2.79. The molecule has 0 heterocycles. The van der Waals surface area contributed by atoms with E-state index in [1.54, 1.807) is 4.90 Å². The standard InChI is InChI=1S/C13H17FN2O3/c1-4-16(8(2)3)13(19)15-9-5-6-10(12(17)18)11(14)7-9/h5-8H,4H2,1-3H3,(H,15,19)(H,17,18). The molecule has 5 nitrogen and oxygen atoms in total.